The first-order chi connectivity index (χ1) is 14.6. The number of phenolic OH excluding ortho intramolecular Hbond substituents is 2. The van der Waals surface area contributed by atoms with Gasteiger partial charge in [-0.05, 0) is 51.2 Å². The third-order valence-electron chi connectivity index (χ3n) is 6.09. The van der Waals surface area contributed by atoms with Crippen LogP contribution >= 0.6 is 0 Å². The van der Waals surface area contributed by atoms with Gasteiger partial charge in [-0.25, -0.2) is 0 Å². The van der Waals surface area contributed by atoms with Crippen LogP contribution in [0.2, 0.25) is 0 Å². The molecule has 3 heterocycles. The molecule has 0 radical (unpaired) electrons. The van der Waals surface area contributed by atoms with Gasteiger partial charge in [0, 0.05) is 17.7 Å². The molecule has 2 aliphatic heterocycles. The van der Waals surface area contributed by atoms with Gasteiger partial charge in [0.1, 0.15) is 51.4 Å². The number of fused-ring (bicyclic) bond motifs is 6. The maximum atomic E-state index is 13.7. The SMILES string of the molecule is CC(C)C[C@H]1Oc2cc(O)ccc2-c2oc3c4c(cc(O)c3c(=O)c21)OC(C)(C)CC4. The van der Waals surface area contributed by atoms with Crippen molar-refractivity contribution in [2.75, 3.05) is 0 Å². The number of rotatable bonds is 2. The molecule has 1 aromatic heterocycles. The first-order valence-electron chi connectivity index (χ1n) is 10.7. The monoisotopic (exact) mass is 422 g/mol. The van der Waals surface area contributed by atoms with Crippen LogP contribution in [0.3, 0.4) is 0 Å². The third kappa shape index (κ3) is 3.12. The summed E-state index contributed by atoms with van der Waals surface area (Å²) < 4.78 is 18.6. The van der Waals surface area contributed by atoms with Gasteiger partial charge in [0.2, 0.25) is 5.43 Å². The summed E-state index contributed by atoms with van der Waals surface area (Å²) in [6.45, 7) is 8.10. The Balaban J connectivity index is 1.84. The van der Waals surface area contributed by atoms with Crippen LogP contribution in [-0.2, 0) is 6.42 Å². The van der Waals surface area contributed by atoms with Crippen molar-refractivity contribution in [3.63, 3.8) is 0 Å². The molecule has 6 heteroatoms. The highest BCUT2D eigenvalue weighted by Gasteiger charge is 2.36. The van der Waals surface area contributed by atoms with Crippen molar-refractivity contribution in [2.45, 2.75) is 58.7 Å². The number of aromatic hydroxyl groups is 2. The van der Waals surface area contributed by atoms with Crippen molar-refractivity contribution in [2.24, 2.45) is 5.92 Å². The lowest BCUT2D eigenvalue weighted by Gasteiger charge is -2.33. The second kappa shape index (κ2) is 6.67. The minimum absolute atomic E-state index is 0.0827. The largest absolute Gasteiger partial charge is 0.508 e. The van der Waals surface area contributed by atoms with Gasteiger partial charge in [-0.1, -0.05) is 13.8 Å². The van der Waals surface area contributed by atoms with E-state index >= 15 is 0 Å². The van der Waals surface area contributed by atoms with Gasteiger partial charge < -0.3 is 24.1 Å². The van der Waals surface area contributed by atoms with Crippen LogP contribution in [0.4, 0.5) is 0 Å². The molecule has 0 bridgehead atoms. The smallest absolute Gasteiger partial charge is 0.204 e. The van der Waals surface area contributed by atoms with Gasteiger partial charge in [-0.3, -0.25) is 4.79 Å². The standard InChI is InChI=1S/C25H26O6/c1-12(2)9-19-21-22(28)20-16(27)11-18-15(7-8-25(3,4)31-18)23(20)30-24(21)14-6-5-13(26)10-17(14)29-19/h5-6,10-12,19,26-27H,7-9H2,1-4H3/t19-/m1/s1. The van der Waals surface area contributed by atoms with Crippen molar-refractivity contribution < 1.29 is 24.1 Å². The van der Waals surface area contributed by atoms with E-state index in [9.17, 15) is 15.0 Å². The molecule has 2 aromatic carbocycles. The van der Waals surface area contributed by atoms with Crippen molar-refractivity contribution in [3.8, 4) is 34.3 Å². The molecule has 31 heavy (non-hydrogen) atoms. The quantitative estimate of drug-likeness (QED) is 0.570. The molecule has 162 valence electrons. The van der Waals surface area contributed by atoms with E-state index in [-0.39, 0.29) is 33.8 Å². The Bertz CT molecular complexity index is 1270. The van der Waals surface area contributed by atoms with Gasteiger partial charge >= 0.3 is 0 Å². The molecular formula is C25H26O6. The molecule has 0 fully saturated rings. The summed E-state index contributed by atoms with van der Waals surface area (Å²) >= 11 is 0. The Labute approximate surface area is 180 Å². The average molecular weight is 422 g/mol. The zero-order valence-corrected chi connectivity index (χ0v) is 18.1. The molecule has 2 N–H and O–H groups in total. The fraction of sp³-hybridized carbons (Fsp3) is 0.400. The summed E-state index contributed by atoms with van der Waals surface area (Å²) in [6.07, 6.45) is 1.51. The number of benzene rings is 2. The average Bonchev–Trinajstić information content (AvgIpc) is 2.65. The molecular weight excluding hydrogens is 396 g/mol. The zero-order valence-electron chi connectivity index (χ0n) is 18.1. The van der Waals surface area contributed by atoms with Gasteiger partial charge in [0.05, 0.1) is 11.1 Å². The second-order valence-electron chi connectivity index (χ2n) is 9.53. The summed E-state index contributed by atoms with van der Waals surface area (Å²) in [6, 6.07) is 6.30. The van der Waals surface area contributed by atoms with Crippen LogP contribution in [0, 0.1) is 5.92 Å². The predicted octanol–water partition coefficient (Wildman–Crippen LogP) is 5.45. The lowest BCUT2D eigenvalue weighted by Crippen LogP contribution is -2.33. The van der Waals surface area contributed by atoms with Crippen molar-refractivity contribution in [1.29, 1.82) is 0 Å². The van der Waals surface area contributed by atoms with E-state index in [0.29, 0.717) is 46.8 Å². The number of phenols is 2. The minimum Gasteiger partial charge on any atom is -0.508 e. The lowest BCUT2D eigenvalue weighted by atomic mass is 9.89. The van der Waals surface area contributed by atoms with E-state index in [2.05, 4.69) is 13.8 Å². The maximum absolute atomic E-state index is 13.7. The van der Waals surface area contributed by atoms with Crippen LogP contribution in [0.25, 0.3) is 22.3 Å². The normalized spacial score (nSPS) is 18.7. The Hall–Kier alpha value is -3.15. The topological polar surface area (TPSA) is 89.1 Å². The van der Waals surface area contributed by atoms with E-state index in [4.69, 9.17) is 13.9 Å². The van der Waals surface area contributed by atoms with Crippen LogP contribution < -0.4 is 14.9 Å². The molecule has 0 unspecified atom stereocenters. The van der Waals surface area contributed by atoms with Crippen molar-refractivity contribution >= 4 is 11.0 Å². The van der Waals surface area contributed by atoms with E-state index < -0.39 is 6.10 Å². The molecule has 0 saturated heterocycles. The zero-order chi connectivity index (χ0) is 22.1. The van der Waals surface area contributed by atoms with Gasteiger partial charge in [-0.15, -0.1) is 0 Å². The van der Waals surface area contributed by atoms with E-state index in [0.717, 1.165) is 12.0 Å². The minimum atomic E-state index is -0.532. The summed E-state index contributed by atoms with van der Waals surface area (Å²) in [5.41, 5.74) is 1.53. The molecule has 0 aliphatic carbocycles. The van der Waals surface area contributed by atoms with Crippen molar-refractivity contribution in [3.05, 3.63) is 45.6 Å². The van der Waals surface area contributed by atoms with Gasteiger partial charge in [0.15, 0.2) is 0 Å². The van der Waals surface area contributed by atoms with Crippen LogP contribution in [-0.4, -0.2) is 15.8 Å². The fourth-order valence-electron chi connectivity index (χ4n) is 4.59. The number of aryl methyl sites for hydroxylation is 1. The highest BCUT2D eigenvalue weighted by Crippen LogP contribution is 2.48. The van der Waals surface area contributed by atoms with E-state index in [1.54, 1.807) is 18.2 Å². The first-order valence-corrected chi connectivity index (χ1v) is 10.7. The Morgan fingerprint density at radius 1 is 1.16 bits per heavy atom. The summed E-state index contributed by atoms with van der Waals surface area (Å²) in [4.78, 5) is 13.7. The second-order valence-corrected chi connectivity index (χ2v) is 9.53. The number of hydrogen-bond donors (Lipinski definition) is 2. The Kier molecular flexibility index (Phi) is 4.26. The number of hydrogen-bond acceptors (Lipinski definition) is 6. The third-order valence-corrected chi connectivity index (χ3v) is 6.09. The maximum Gasteiger partial charge on any atom is 0.204 e. The van der Waals surface area contributed by atoms with Crippen LogP contribution in [0.5, 0.6) is 23.0 Å². The molecule has 0 saturated carbocycles. The van der Waals surface area contributed by atoms with Gasteiger partial charge in [-0.2, -0.15) is 0 Å². The summed E-state index contributed by atoms with van der Waals surface area (Å²) in [5.74, 6) is 1.65. The Morgan fingerprint density at radius 2 is 1.94 bits per heavy atom. The van der Waals surface area contributed by atoms with E-state index in [1.807, 2.05) is 13.8 Å². The molecule has 6 nitrogen and oxygen atoms in total. The molecule has 1 atom stereocenters. The first kappa shape index (κ1) is 19.8. The Morgan fingerprint density at radius 3 is 2.68 bits per heavy atom. The summed E-state index contributed by atoms with van der Waals surface area (Å²) in [5, 5.41) is 20.9. The molecule has 2 aliphatic rings. The fourth-order valence-corrected chi connectivity index (χ4v) is 4.59. The molecule has 0 spiro atoms. The molecule has 3 aromatic rings. The van der Waals surface area contributed by atoms with E-state index in [1.165, 1.54) is 6.07 Å². The highest BCUT2D eigenvalue weighted by molar-refractivity contribution is 5.91. The molecule has 5 rings (SSSR count). The van der Waals surface area contributed by atoms with Crippen LogP contribution in [0.1, 0.15) is 57.8 Å². The molecule has 0 amide bonds. The van der Waals surface area contributed by atoms with Gasteiger partial charge in [0.25, 0.3) is 0 Å². The summed E-state index contributed by atoms with van der Waals surface area (Å²) in [7, 11) is 0. The van der Waals surface area contributed by atoms with Crippen molar-refractivity contribution in [1.82, 2.24) is 0 Å². The van der Waals surface area contributed by atoms with Crippen LogP contribution in [0.15, 0.2) is 33.5 Å². The predicted molar refractivity (Wildman–Crippen MR) is 117 cm³/mol. The number of ether oxygens (including phenoxy) is 2. The highest BCUT2D eigenvalue weighted by atomic mass is 16.5. The lowest BCUT2D eigenvalue weighted by molar-refractivity contribution is 0.0846.